The summed E-state index contributed by atoms with van der Waals surface area (Å²) in [6.07, 6.45) is 1.50. The summed E-state index contributed by atoms with van der Waals surface area (Å²) in [6.45, 7) is 3.48. The summed E-state index contributed by atoms with van der Waals surface area (Å²) in [5, 5.41) is 8.92. The van der Waals surface area contributed by atoms with Gasteiger partial charge in [0.2, 0.25) is 5.91 Å². The number of hydrogen-bond donors (Lipinski definition) is 1. The highest BCUT2D eigenvalue weighted by atomic mass is 16.4. The van der Waals surface area contributed by atoms with Crippen molar-refractivity contribution in [2.75, 3.05) is 18.0 Å². The average Bonchev–Trinajstić information content (AvgIpc) is 2.74. The van der Waals surface area contributed by atoms with Gasteiger partial charge in [0.15, 0.2) is 0 Å². The number of para-hydroxylation sites is 1. The number of carbonyl (C=O) groups is 3. The molecule has 0 bridgehead atoms. The van der Waals surface area contributed by atoms with Crippen molar-refractivity contribution >= 4 is 23.5 Å². The number of hydrogen-bond acceptors (Lipinski definition) is 4. The summed E-state index contributed by atoms with van der Waals surface area (Å²) in [5.41, 5.74) is 0.504. The summed E-state index contributed by atoms with van der Waals surface area (Å²) in [7, 11) is 0. The molecule has 0 radical (unpaired) electrons. The monoisotopic (exact) mass is 288 g/mol. The van der Waals surface area contributed by atoms with Crippen LogP contribution in [0.5, 0.6) is 0 Å². The van der Waals surface area contributed by atoms with Crippen molar-refractivity contribution in [2.24, 2.45) is 0 Å². The van der Waals surface area contributed by atoms with E-state index in [-0.39, 0.29) is 25.4 Å². The molecule has 2 rings (SSSR count). The maximum atomic E-state index is 12.5. The molecule has 1 aromatic carbocycles. The summed E-state index contributed by atoms with van der Waals surface area (Å²) < 4.78 is 0. The van der Waals surface area contributed by atoms with Gasteiger partial charge in [0.05, 0.1) is 24.7 Å². The average molecular weight is 288 g/mol. The van der Waals surface area contributed by atoms with Crippen LogP contribution in [0, 0.1) is 0 Å². The third kappa shape index (κ3) is 3.17. The van der Waals surface area contributed by atoms with Crippen LogP contribution in [-0.2, 0) is 14.4 Å². The van der Waals surface area contributed by atoms with Gasteiger partial charge in [-0.1, -0.05) is 24.3 Å². The predicted octanol–water partition coefficient (Wildman–Crippen LogP) is 0.891. The van der Waals surface area contributed by atoms with E-state index in [9.17, 15) is 14.4 Å². The lowest BCUT2D eigenvalue weighted by molar-refractivity contribution is -0.139. The van der Waals surface area contributed by atoms with Crippen LogP contribution in [0.4, 0.5) is 5.69 Å². The number of amides is 2. The number of nitrogens with zero attached hydrogens (tertiary/aromatic N) is 2. The zero-order chi connectivity index (χ0) is 15.4. The SMILES string of the molecule is C=CCN(CC(=O)O)C1CC(=O)N(c2ccccc2)C1=O. The first-order valence-electron chi connectivity index (χ1n) is 6.53. The maximum Gasteiger partial charge on any atom is 0.317 e. The van der Waals surface area contributed by atoms with E-state index < -0.39 is 17.9 Å². The number of carboxylic acids is 1. The zero-order valence-corrected chi connectivity index (χ0v) is 11.4. The molecule has 21 heavy (non-hydrogen) atoms. The zero-order valence-electron chi connectivity index (χ0n) is 11.4. The second kappa shape index (κ2) is 6.32. The van der Waals surface area contributed by atoms with Crippen LogP contribution in [0.1, 0.15) is 6.42 Å². The molecule has 0 aromatic heterocycles. The normalized spacial score (nSPS) is 18.3. The molecule has 1 unspecified atom stereocenters. The van der Waals surface area contributed by atoms with Crippen molar-refractivity contribution in [3.63, 3.8) is 0 Å². The molecule has 1 aliphatic rings. The van der Waals surface area contributed by atoms with Crippen LogP contribution < -0.4 is 4.90 Å². The predicted molar refractivity (Wildman–Crippen MR) is 76.7 cm³/mol. The minimum Gasteiger partial charge on any atom is -0.480 e. The van der Waals surface area contributed by atoms with Crippen LogP contribution >= 0.6 is 0 Å². The number of aliphatic carboxylic acids is 1. The van der Waals surface area contributed by atoms with Gasteiger partial charge >= 0.3 is 5.97 Å². The Labute approximate surface area is 122 Å². The lowest BCUT2D eigenvalue weighted by Gasteiger charge is -2.24. The Morgan fingerprint density at radius 2 is 2.05 bits per heavy atom. The first kappa shape index (κ1) is 14.9. The van der Waals surface area contributed by atoms with E-state index >= 15 is 0 Å². The van der Waals surface area contributed by atoms with Gasteiger partial charge in [-0.25, -0.2) is 4.90 Å². The van der Waals surface area contributed by atoms with Crippen LogP contribution in [0.25, 0.3) is 0 Å². The van der Waals surface area contributed by atoms with E-state index in [1.54, 1.807) is 30.3 Å². The number of benzene rings is 1. The molecule has 0 saturated carbocycles. The van der Waals surface area contributed by atoms with Gasteiger partial charge in [-0.15, -0.1) is 6.58 Å². The molecule has 1 saturated heterocycles. The molecule has 1 N–H and O–H groups in total. The van der Waals surface area contributed by atoms with Crippen LogP contribution in [0.2, 0.25) is 0 Å². The molecule has 1 aromatic rings. The summed E-state index contributed by atoms with van der Waals surface area (Å²) in [4.78, 5) is 38.0. The van der Waals surface area contributed by atoms with E-state index in [0.717, 1.165) is 4.90 Å². The lowest BCUT2D eigenvalue weighted by atomic mass is 10.2. The molecular formula is C15H16N2O4. The second-order valence-corrected chi connectivity index (χ2v) is 4.73. The van der Waals surface area contributed by atoms with Crippen LogP contribution in [0.15, 0.2) is 43.0 Å². The van der Waals surface area contributed by atoms with E-state index in [0.29, 0.717) is 5.69 Å². The minimum absolute atomic E-state index is 0.0190. The van der Waals surface area contributed by atoms with E-state index in [4.69, 9.17) is 5.11 Å². The summed E-state index contributed by atoms with van der Waals surface area (Å²) >= 11 is 0. The maximum absolute atomic E-state index is 12.5. The quantitative estimate of drug-likeness (QED) is 0.621. The highest BCUT2D eigenvalue weighted by Gasteiger charge is 2.42. The van der Waals surface area contributed by atoms with Crippen molar-refractivity contribution in [2.45, 2.75) is 12.5 Å². The Morgan fingerprint density at radius 1 is 1.38 bits per heavy atom. The molecule has 0 spiro atoms. The Morgan fingerprint density at radius 3 is 2.62 bits per heavy atom. The van der Waals surface area contributed by atoms with Crippen molar-refractivity contribution in [3.8, 4) is 0 Å². The Bertz CT molecular complexity index is 570. The van der Waals surface area contributed by atoms with Gasteiger partial charge in [0, 0.05) is 6.54 Å². The molecule has 6 heteroatoms. The summed E-state index contributed by atoms with van der Waals surface area (Å²) in [6, 6.07) is 7.86. The van der Waals surface area contributed by atoms with Crippen LogP contribution in [-0.4, -0.2) is 46.9 Å². The van der Waals surface area contributed by atoms with Gasteiger partial charge < -0.3 is 5.11 Å². The van der Waals surface area contributed by atoms with E-state index in [1.165, 1.54) is 11.0 Å². The van der Waals surface area contributed by atoms with Gasteiger partial charge in [0.25, 0.3) is 5.91 Å². The molecule has 1 atom stereocenters. The second-order valence-electron chi connectivity index (χ2n) is 4.73. The Hall–Kier alpha value is -2.47. The van der Waals surface area contributed by atoms with Crippen molar-refractivity contribution < 1.29 is 19.5 Å². The fourth-order valence-electron chi connectivity index (χ4n) is 2.39. The molecule has 6 nitrogen and oxygen atoms in total. The molecule has 1 aliphatic heterocycles. The smallest absolute Gasteiger partial charge is 0.317 e. The largest absolute Gasteiger partial charge is 0.480 e. The van der Waals surface area contributed by atoms with Crippen molar-refractivity contribution in [3.05, 3.63) is 43.0 Å². The standard InChI is InChI=1S/C15H16N2O4/c1-2-8-16(10-14(19)20)12-9-13(18)17(15(12)21)11-6-4-3-5-7-11/h2-7,12H,1,8-10H2,(H,19,20). The number of carbonyl (C=O) groups excluding carboxylic acids is 2. The highest BCUT2D eigenvalue weighted by Crippen LogP contribution is 2.25. The Balaban J connectivity index is 2.24. The fraction of sp³-hybridized carbons (Fsp3) is 0.267. The minimum atomic E-state index is -1.05. The lowest BCUT2D eigenvalue weighted by Crippen LogP contribution is -2.44. The third-order valence-corrected chi connectivity index (χ3v) is 3.28. The topological polar surface area (TPSA) is 77.9 Å². The van der Waals surface area contributed by atoms with E-state index in [1.807, 2.05) is 0 Å². The van der Waals surface area contributed by atoms with Crippen LogP contribution in [0.3, 0.4) is 0 Å². The van der Waals surface area contributed by atoms with Gasteiger partial charge in [0.1, 0.15) is 0 Å². The highest BCUT2D eigenvalue weighted by molar-refractivity contribution is 6.22. The number of anilines is 1. The fourth-order valence-corrected chi connectivity index (χ4v) is 2.39. The number of rotatable bonds is 6. The Kier molecular flexibility index (Phi) is 4.49. The molecule has 0 aliphatic carbocycles. The third-order valence-electron chi connectivity index (χ3n) is 3.28. The number of imide groups is 1. The first-order valence-corrected chi connectivity index (χ1v) is 6.53. The van der Waals surface area contributed by atoms with Gasteiger partial charge in [-0.2, -0.15) is 0 Å². The first-order chi connectivity index (χ1) is 10.0. The molecular weight excluding hydrogens is 272 g/mol. The van der Waals surface area contributed by atoms with Crippen molar-refractivity contribution in [1.29, 1.82) is 0 Å². The molecule has 110 valence electrons. The molecule has 1 fully saturated rings. The van der Waals surface area contributed by atoms with Gasteiger partial charge in [-0.3, -0.25) is 19.3 Å². The number of carboxylic acid groups (broad SMARTS) is 1. The van der Waals surface area contributed by atoms with Gasteiger partial charge in [-0.05, 0) is 12.1 Å². The molecule has 1 heterocycles. The van der Waals surface area contributed by atoms with Crippen molar-refractivity contribution in [1.82, 2.24) is 4.90 Å². The summed E-state index contributed by atoms with van der Waals surface area (Å²) in [5.74, 6) is -1.76. The van der Waals surface area contributed by atoms with E-state index in [2.05, 4.69) is 6.58 Å². The molecule has 2 amide bonds.